The van der Waals surface area contributed by atoms with Crippen LogP contribution in [0, 0.1) is 0 Å². The highest BCUT2D eigenvalue weighted by Gasteiger charge is 2.51. The Morgan fingerprint density at radius 1 is 1.21 bits per heavy atom. The highest BCUT2D eigenvalue weighted by molar-refractivity contribution is 6.11. The van der Waals surface area contributed by atoms with Gasteiger partial charge in [-0.05, 0) is 67.9 Å². The number of fused-ring (bicyclic) bond motifs is 7. The summed E-state index contributed by atoms with van der Waals surface area (Å²) in [6.07, 6.45) is 6.68. The largest absolute Gasteiger partial charge is 0.381 e. The van der Waals surface area contributed by atoms with Crippen LogP contribution in [0.4, 0.5) is 5.69 Å². The van der Waals surface area contributed by atoms with Crippen molar-refractivity contribution in [3.05, 3.63) is 35.0 Å². The molecule has 0 atom stereocenters. The molecular weight excluding hydrogens is 352 g/mol. The molecule has 1 aliphatic carbocycles. The van der Waals surface area contributed by atoms with E-state index in [9.17, 15) is 4.79 Å². The number of nitrogens with one attached hydrogen (secondary N) is 2. The van der Waals surface area contributed by atoms with Crippen LogP contribution < -0.4 is 4.90 Å². The van der Waals surface area contributed by atoms with Crippen molar-refractivity contribution in [2.75, 3.05) is 24.7 Å². The number of rotatable bonds is 1. The number of amides is 1. The van der Waals surface area contributed by atoms with E-state index < -0.39 is 5.41 Å². The van der Waals surface area contributed by atoms with Gasteiger partial charge < -0.3 is 14.6 Å². The number of aromatic nitrogens is 3. The van der Waals surface area contributed by atoms with Gasteiger partial charge in [0.2, 0.25) is 5.91 Å². The molecule has 3 aliphatic rings. The maximum atomic E-state index is 13.4. The highest BCUT2D eigenvalue weighted by atomic mass is 16.5. The summed E-state index contributed by atoms with van der Waals surface area (Å²) in [5.74, 6) is 0.253. The summed E-state index contributed by atoms with van der Waals surface area (Å²) in [5.41, 5.74) is 7.89. The van der Waals surface area contributed by atoms with E-state index in [2.05, 4.69) is 34.2 Å². The Morgan fingerprint density at radius 2 is 2.07 bits per heavy atom. The number of ether oxygens (including phenoxy) is 1. The SMILES string of the molecule is CCN1C(=O)C2(CCOCC2)c2cc3[nH]c4c(c3cc21)CCCc1cn[nH]c1-4. The molecule has 3 aromatic rings. The minimum absolute atomic E-state index is 0.253. The fourth-order valence-electron chi connectivity index (χ4n) is 5.54. The van der Waals surface area contributed by atoms with Gasteiger partial charge in [-0.3, -0.25) is 9.89 Å². The van der Waals surface area contributed by atoms with Crippen molar-refractivity contribution in [1.82, 2.24) is 15.2 Å². The molecule has 2 aliphatic heterocycles. The fraction of sp³-hybridized carbons (Fsp3) is 0.455. The van der Waals surface area contributed by atoms with Gasteiger partial charge in [-0.1, -0.05) is 0 Å². The van der Waals surface area contributed by atoms with E-state index >= 15 is 0 Å². The van der Waals surface area contributed by atoms with E-state index in [0.29, 0.717) is 19.8 Å². The van der Waals surface area contributed by atoms with E-state index in [1.807, 2.05) is 11.1 Å². The summed E-state index contributed by atoms with van der Waals surface area (Å²) in [6, 6.07) is 4.50. The van der Waals surface area contributed by atoms with Crippen LogP contribution in [0.3, 0.4) is 0 Å². The van der Waals surface area contributed by atoms with Gasteiger partial charge in [-0.2, -0.15) is 5.10 Å². The lowest BCUT2D eigenvalue weighted by Crippen LogP contribution is -2.44. The Balaban J connectivity index is 1.61. The number of aryl methyl sites for hydroxylation is 2. The first-order valence-electron chi connectivity index (χ1n) is 10.3. The van der Waals surface area contributed by atoms with E-state index in [0.717, 1.165) is 49.0 Å². The number of benzene rings is 1. The second-order valence-corrected chi connectivity index (χ2v) is 8.26. The fourth-order valence-corrected chi connectivity index (χ4v) is 5.54. The van der Waals surface area contributed by atoms with Gasteiger partial charge in [0.25, 0.3) is 0 Å². The third-order valence-electron chi connectivity index (χ3n) is 6.99. The second kappa shape index (κ2) is 5.70. The standard InChI is InChI=1S/C22H24N4O2/c1-2-26-18-10-15-14-5-3-4-13-12-23-25-19(13)20(14)24-17(15)11-16(18)22(21(26)27)6-8-28-9-7-22/h10-12,24H,2-9H2,1H3,(H,23,25). The molecule has 0 saturated carbocycles. The molecular formula is C22H24N4O2. The Bertz CT molecular complexity index is 1100. The number of hydrogen-bond acceptors (Lipinski definition) is 3. The molecule has 0 radical (unpaired) electrons. The van der Waals surface area contributed by atoms with Crippen LogP contribution >= 0.6 is 0 Å². The normalized spacial score (nSPS) is 20.3. The van der Waals surface area contributed by atoms with Crippen LogP contribution in [-0.4, -0.2) is 40.8 Å². The number of aromatic amines is 2. The molecule has 2 N–H and O–H groups in total. The zero-order valence-electron chi connectivity index (χ0n) is 16.1. The maximum Gasteiger partial charge on any atom is 0.237 e. The Hall–Kier alpha value is -2.60. The van der Waals surface area contributed by atoms with Crippen molar-refractivity contribution in [3.8, 4) is 11.4 Å². The molecule has 1 spiro atoms. The van der Waals surface area contributed by atoms with E-state index in [1.54, 1.807) is 0 Å². The van der Waals surface area contributed by atoms with Crippen molar-refractivity contribution in [2.45, 2.75) is 44.4 Å². The molecule has 144 valence electrons. The number of carbonyl (C=O) groups is 1. The van der Waals surface area contributed by atoms with Crippen LogP contribution in [0.1, 0.15) is 42.9 Å². The molecule has 1 aromatic carbocycles. The number of hydrogen-bond donors (Lipinski definition) is 2. The number of nitrogens with zero attached hydrogens (tertiary/aromatic N) is 2. The molecule has 6 nitrogen and oxygen atoms in total. The van der Waals surface area contributed by atoms with Crippen LogP contribution in [0.15, 0.2) is 18.3 Å². The predicted molar refractivity (Wildman–Crippen MR) is 108 cm³/mol. The number of H-pyrrole nitrogens is 2. The summed E-state index contributed by atoms with van der Waals surface area (Å²) in [4.78, 5) is 19.0. The van der Waals surface area contributed by atoms with Gasteiger partial charge >= 0.3 is 0 Å². The van der Waals surface area contributed by atoms with Crippen LogP contribution in [0.25, 0.3) is 22.3 Å². The van der Waals surface area contributed by atoms with E-state index in [4.69, 9.17) is 4.74 Å². The zero-order valence-corrected chi connectivity index (χ0v) is 16.1. The van der Waals surface area contributed by atoms with Crippen molar-refractivity contribution < 1.29 is 9.53 Å². The number of carbonyl (C=O) groups excluding carboxylic acids is 1. The van der Waals surface area contributed by atoms with Crippen LogP contribution in [-0.2, 0) is 27.8 Å². The van der Waals surface area contributed by atoms with Gasteiger partial charge in [0.15, 0.2) is 0 Å². The van der Waals surface area contributed by atoms with Gasteiger partial charge in [0, 0.05) is 36.3 Å². The van der Waals surface area contributed by atoms with Crippen molar-refractivity contribution >= 4 is 22.5 Å². The molecule has 28 heavy (non-hydrogen) atoms. The van der Waals surface area contributed by atoms with Crippen molar-refractivity contribution in [3.63, 3.8) is 0 Å². The van der Waals surface area contributed by atoms with E-state index in [1.165, 1.54) is 27.8 Å². The molecule has 1 amide bonds. The molecule has 0 unspecified atom stereocenters. The monoisotopic (exact) mass is 376 g/mol. The number of anilines is 1. The quantitative estimate of drug-likeness (QED) is 0.683. The second-order valence-electron chi connectivity index (χ2n) is 8.26. The zero-order chi connectivity index (χ0) is 18.9. The van der Waals surface area contributed by atoms with Crippen molar-refractivity contribution in [2.24, 2.45) is 0 Å². The first kappa shape index (κ1) is 16.4. The Kier molecular flexibility index (Phi) is 3.33. The lowest BCUT2D eigenvalue weighted by Gasteiger charge is -2.32. The van der Waals surface area contributed by atoms with Crippen LogP contribution in [0.5, 0.6) is 0 Å². The smallest absolute Gasteiger partial charge is 0.237 e. The minimum Gasteiger partial charge on any atom is -0.381 e. The molecule has 4 heterocycles. The summed E-state index contributed by atoms with van der Waals surface area (Å²) in [7, 11) is 0. The molecule has 1 fully saturated rings. The number of likely N-dealkylation sites (N-methyl/N-ethyl adjacent to an activating group) is 1. The third-order valence-corrected chi connectivity index (χ3v) is 6.99. The average molecular weight is 376 g/mol. The Labute approximate surface area is 163 Å². The Morgan fingerprint density at radius 3 is 2.89 bits per heavy atom. The highest BCUT2D eigenvalue weighted by Crippen LogP contribution is 2.50. The van der Waals surface area contributed by atoms with Crippen molar-refractivity contribution in [1.29, 1.82) is 0 Å². The summed E-state index contributed by atoms with van der Waals surface area (Å²) in [6.45, 7) is 4.08. The summed E-state index contributed by atoms with van der Waals surface area (Å²) in [5, 5.41) is 8.70. The van der Waals surface area contributed by atoms with E-state index in [-0.39, 0.29) is 5.91 Å². The molecule has 2 aromatic heterocycles. The van der Waals surface area contributed by atoms with Gasteiger partial charge in [0.1, 0.15) is 0 Å². The molecule has 6 rings (SSSR count). The molecule has 1 saturated heterocycles. The first-order valence-corrected chi connectivity index (χ1v) is 10.3. The lowest BCUT2D eigenvalue weighted by atomic mass is 9.75. The summed E-state index contributed by atoms with van der Waals surface area (Å²) >= 11 is 0. The van der Waals surface area contributed by atoms with Crippen LogP contribution in [0.2, 0.25) is 0 Å². The molecule has 6 heteroatoms. The first-order chi connectivity index (χ1) is 13.7. The lowest BCUT2D eigenvalue weighted by molar-refractivity contribution is -0.126. The predicted octanol–water partition coefficient (Wildman–Crippen LogP) is 3.46. The average Bonchev–Trinajstić information content (AvgIpc) is 3.34. The summed E-state index contributed by atoms with van der Waals surface area (Å²) < 4.78 is 5.60. The molecule has 0 bridgehead atoms. The minimum atomic E-state index is -0.417. The maximum absolute atomic E-state index is 13.4. The van der Waals surface area contributed by atoms with Gasteiger partial charge in [-0.25, -0.2) is 0 Å². The third kappa shape index (κ3) is 1.96. The van der Waals surface area contributed by atoms with Gasteiger partial charge in [0.05, 0.1) is 23.0 Å². The van der Waals surface area contributed by atoms with Gasteiger partial charge in [-0.15, -0.1) is 0 Å². The topological polar surface area (TPSA) is 74.0 Å².